The van der Waals surface area contributed by atoms with Crippen molar-refractivity contribution in [3.63, 3.8) is 0 Å². The lowest BCUT2D eigenvalue weighted by Crippen LogP contribution is -2.38. The van der Waals surface area contributed by atoms with Crippen LogP contribution in [0.4, 0.5) is 11.4 Å². The Labute approximate surface area is 161 Å². The molecule has 25 heavy (non-hydrogen) atoms. The highest BCUT2D eigenvalue weighted by molar-refractivity contribution is 14.1. The fourth-order valence-electron chi connectivity index (χ4n) is 2.16. The summed E-state index contributed by atoms with van der Waals surface area (Å²) in [7, 11) is 1.62. The summed E-state index contributed by atoms with van der Waals surface area (Å²) in [5.41, 5.74) is 3.94. The highest BCUT2D eigenvalue weighted by Gasteiger charge is 2.13. The van der Waals surface area contributed by atoms with Crippen molar-refractivity contribution < 1.29 is 9.59 Å². The van der Waals surface area contributed by atoms with E-state index in [9.17, 15) is 9.59 Å². The monoisotopic (exact) mass is 451 g/mol. The predicted molar refractivity (Wildman–Crippen MR) is 110 cm³/mol. The van der Waals surface area contributed by atoms with Crippen molar-refractivity contribution in [2.45, 2.75) is 13.8 Å². The maximum atomic E-state index is 12.2. The number of hydrogen-bond acceptors (Lipinski definition) is 3. The van der Waals surface area contributed by atoms with Gasteiger partial charge in [0.25, 0.3) is 0 Å². The molecule has 2 amide bonds. The summed E-state index contributed by atoms with van der Waals surface area (Å²) in [5.74, 6) is -0.362. The van der Waals surface area contributed by atoms with Gasteiger partial charge in [-0.1, -0.05) is 23.8 Å². The molecular formula is C19H22IN3O2. The Morgan fingerprint density at radius 3 is 2.32 bits per heavy atom. The average Bonchev–Trinajstić information content (AvgIpc) is 2.57. The van der Waals surface area contributed by atoms with Gasteiger partial charge in [0.05, 0.1) is 13.1 Å². The first kappa shape index (κ1) is 19.2. The molecule has 132 valence electrons. The van der Waals surface area contributed by atoms with E-state index in [0.29, 0.717) is 0 Å². The molecular weight excluding hydrogens is 429 g/mol. The second-order valence-electron chi connectivity index (χ2n) is 5.98. The molecule has 2 aromatic carbocycles. The molecule has 2 aromatic rings. The Bertz CT molecular complexity index is 760. The van der Waals surface area contributed by atoms with Crippen molar-refractivity contribution in [1.29, 1.82) is 0 Å². The highest BCUT2D eigenvalue weighted by Crippen LogP contribution is 2.16. The smallest absolute Gasteiger partial charge is 0.243 e. The fourth-order valence-corrected chi connectivity index (χ4v) is 2.67. The SMILES string of the molecule is Cc1ccc(NC(=O)CN(C)C(=O)CNc2ccc(C)c(I)c2)cc1. The van der Waals surface area contributed by atoms with E-state index in [2.05, 4.69) is 33.2 Å². The summed E-state index contributed by atoms with van der Waals surface area (Å²) in [6, 6.07) is 13.5. The lowest BCUT2D eigenvalue weighted by Gasteiger charge is -2.18. The van der Waals surface area contributed by atoms with Gasteiger partial charge in [0, 0.05) is 22.0 Å². The lowest BCUT2D eigenvalue weighted by molar-refractivity contribution is -0.131. The largest absolute Gasteiger partial charge is 0.376 e. The molecule has 0 atom stereocenters. The molecule has 0 bridgehead atoms. The van der Waals surface area contributed by atoms with Crippen molar-refractivity contribution in [2.75, 3.05) is 30.8 Å². The number of likely N-dealkylation sites (N-methyl/N-ethyl adjacent to an activating group) is 1. The molecule has 2 rings (SSSR count). The Kier molecular flexibility index (Phi) is 6.81. The standard InChI is InChI=1S/C19H22IN3O2/c1-13-4-7-15(8-5-13)22-18(24)12-23(3)19(25)11-21-16-9-6-14(2)17(20)10-16/h4-10,21H,11-12H2,1-3H3,(H,22,24). The second kappa shape index (κ2) is 8.84. The number of amides is 2. The fraction of sp³-hybridized carbons (Fsp3) is 0.263. The first-order chi connectivity index (χ1) is 11.8. The lowest BCUT2D eigenvalue weighted by atomic mass is 10.2. The van der Waals surface area contributed by atoms with E-state index in [4.69, 9.17) is 0 Å². The van der Waals surface area contributed by atoms with E-state index in [1.165, 1.54) is 10.5 Å². The number of nitrogens with zero attached hydrogens (tertiary/aromatic N) is 1. The summed E-state index contributed by atoms with van der Waals surface area (Å²) in [5, 5.41) is 5.88. The topological polar surface area (TPSA) is 61.4 Å². The van der Waals surface area contributed by atoms with Crippen LogP contribution in [-0.4, -0.2) is 36.9 Å². The van der Waals surface area contributed by atoms with Crippen LogP contribution < -0.4 is 10.6 Å². The number of hydrogen-bond donors (Lipinski definition) is 2. The molecule has 0 fully saturated rings. The maximum Gasteiger partial charge on any atom is 0.243 e. The van der Waals surface area contributed by atoms with Crippen LogP contribution in [0.2, 0.25) is 0 Å². The summed E-state index contributed by atoms with van der Waals surface area (Å²) in [6.45, 7) is 4.19. The first-order valence-corrected chi connectivity index (χ1v) is 9.03. The highest BCUT2D eigenvalue weighted by atomic mass is 127. The van der Waals surface area contributed by atoms with Crippen LogP contribution in [0.3, 0.4) is 0 Å². The Morgan fingerprint density at radius 2 is 1.68 bits per heavy atom. The number of benzene rings is 2. The van der Waals surface area contributed by atoms with Gasteiger partial charge in [-0.3, -0.25) is 9.59 Å². The van der Waals surface area contributed by atoms with Crippen LogP contribution in [-0.2, 0) is 9.59 Å². The van der Waals surface area contributed by atoms with Crippen LogP contribution in [0.15, 0.2) is 42.5 Å². The van der Waals surface area contributed by atoms with Gasteiger partial charge in [0.15, 0.2) is 0 Å². The summed E-state index contributed by atoms with van der Waals surface area (Å²) in [4.78, 5) is 25.6. The second-order valence-corrected chi connectivity index (χ2v) is 7.14. The third-order valence-electron chi connectivity index (χ3n) is 3.76. The minimum atomic E-state index is -0.218. The molecule has 0 spiro atoms. The third-order valence-corrected chi connectivity index (χ3v) is 4.92. The van der Waals surface area contributed by atoms with Crippen molar-refractivity contribution in [2.24, 2.45) is 0 Å². The number of carbonyl (C=O) groups excluding carboxylic acids is 2. The average molecular weight is 451 g/mol. The van der Waals surface area contributed by atoms with Crippen molar-refractivity contribution >= 4 is 45.8 Å². The van der Waals surface area contributed by atoms with E-state index in [0.717, 1.165) is 20.5 Å². The molecule has 0 aliphatic carbocycles. The van der Waals surface area contributed by atoms with Crippen LogP contribution in [0.5, 0.6) is 0 Å². The van der Waals surface area contributed by atoms with Crippen molar-refractivity contribution in [3.8, 4) is 0 Å². The molecule has 0 aliphatic heterocycles. The van der Waals surface area contributed by atoms with E-state index in [-0.39, 0.29) is 24.9 Å². The van der Waals surface area contributed by atoms with Gasteiger partial charge >= 0.3 is 0 Å². The minimum absolute atomic E-state index is 0.0137. The maximum absolute atomic E-state index is 12.2. The molecule has 0 saturated heterocycles. The summed E-state index contributed by atoms with van der Waals surface area (Å²) in [6.07, 6.45) is 0. The van der Waals surface area contributed by atoms with Crippen LogP contribution in [0, 0.1) is 17.4 Å². The van der Waals surface area contributed by atoms with Crippen LogP contribution in [0.1, 0.15) is 11.1 Å². The Morgan fingerprint density at radius 1 is 1.04 bits per heavy atom. The van der Waals surface area contributed by atoms with E-state index in [1.54, 1.807) is 7.05 Å². The Hall–Kier alpha value is -2.09. The zero-order valence-corrected chi connectivity index (χ0v) is 16.8. The van der Waals surface area contributed by atoms with Gasteiger partial charge in [0.1, 0.15) is 0 Å². The molecule has 5 nitrogen and oxygen atoms in total. The quantitative estimate of drug-likeness (QED) is 0.662. The van der Waals surface area contributed by atoms with Gasteiger partial charge in [-0.2, -0.15) is 0 Å². The Balaban J connectivity index is 1.81. The molecule has 6 heteroatoms. The molecule has 0 radical (unpaired) electrons. The minimum Gasteiger partial charge on any atom is -0.376 e. The van der Waals surface area contributed by atoms with E-state index in [1.807, 2.05) is 56.3 Å². The van der Waals surface area contributed by atoms with Crippen molar-refractivity contribution in [1.82, 2.24) is 4.90 Å². The number of nitrogens with one attached hydrogen (secondary N) is 2. The number of halogens is 1. The van der Waals surface area contributed by atoms with Crippen molar-refractivity contribution in [3.05, 3.63) is 57.2 Å². The van der Waals surface area contributed by atoms with Gasteiger partial charge in [-0.25, -0.2) is 0 Å². The number of anilines is 2. The number of rotatable bonds is 6. The summed E-state index contributed by atoms with van der Waals surface area (Å²) < 4.78 is 1.14. The number of aryl methyl sites for hydroxylation is 2. The van der Waals surface area contributed by atoms with Gasteiger partial charge in [-0.15, -0.1) is 0 Å². The zero-order chi connectivity index (χ0) is 18.4. The molecule has 0 unspecified atom stereocenters. The van der Waals surface area contributed by atoms with Crippen LogP contribution in [0.25, 0.3) is 0 Å². The normalized spacial score (nSPS) is 10.2. The third kappa shape index (κ3) is 6.04. The first-order valence-electron chi connectivity index (χ1n) is 7.95. The zero-order valence-electron chi connectivity index (χ0n) is 14.6. The molecule has 0 saturated carbocycles. The van der Waals surface area contributed by atoms with Gasteiger partial charge < -0.3 is 15.5 Å². The predicted octanol–water partition coefficient (Wildman–Crippen LogP) is 3.42. The molecule has 0 heterocycles. The molecule has 2 N–H and O–H groups in total. The molecule has 0 aliphatic rings. The van der Waals surface area contributed by atoms with E-state index >= 15 is 0 Å². The van der Waals surface area contributed by atoms with Crippen LogP contribution >= 0.6 is 22.6 Å². The summed E-state index contributed by atoms with van der Waals surface area (Å²) >= 11 is 2.26. The van der Waals surface area contributed by atoms with Gasteiger partial charge in [0.2, 0.25) is 11.8 Å². The van der Waals surface area contributed by atoms with E-state index < -0.39 is 0 Å². The number of carbonyl (C=O) groups is 2. The van der Waals surface area contributed by atoms with Gasteiger partial charge in [-0.05, 0) is 66.3 Å². The molecule has 0 aromatic heterocycles.